The van der Waals surface area contributed by atoms with E-state index in [-0.39, 0.29) is 24.6 Å². The minimum atomic E-state index is -0.369. The second-order valence-corrected chi connectivity index (χ2v) is 5.56. The normalized spacial score (nSPS) is 18.0. The maximum Gasteiger partial charge on any atom is 0.325 e. The summed E-state index contributed by atoms with van der Waals surface area (Å²) in [5.41, 5.74) is 1.10. The van der Waals surface area contributed by atoms with Crippen LogP contribution in [0.5, 0.6) is 5.75 Å². The zero-order chi connectivity index (χ0) is 16.1. The smallest absolute Gasteiger partial charge is 0.325 e. The Bertz CT molecular complexity index is 530. The molecule has 0 saturated carbocycles. The van der Waals surface area contributed by atoms with E-state index in [1.165, 1.54) is 4.90 Å². The molecule has 1 aromatic rings. The van der Waals surface area contributed by atoms with Gasteiger partial charge in [0.1, 0.15) is 11.8 Å². The maximum atomic E-state index is 12.2. The van der Waals surface area contributed by atoms with E-state index in [2.05, 4.69) is 5.32 Å². The Balaban J connectivity index is 1.92. The molecule has 1 aliphatic rings. The molecule has 120 valence electrons. The van der Waals surface area contributed by atoms with Crippen molar-refractivity contribution >= 4 is 11.9 Å². The fourth-order valence-corrected chi connectivity index (χ4v) is 2.53. The summed E-state index contributed by atoms with van der Waals surface area (Å²) in [7, 11) is 3.52. The van der Waals surface area contributed by atoms with E-state index in [0.717, 1.165) is 17.7 Å². The molecule has 1 atom stereocenters. The van der Waals surface area contributed by atoms with Crippen LogP contribution in [-0.2, 0) is 11.3 Å². The Kier molecular flexibility index (Phi) is 5.38. The fourth-order valence-electron chi connectivity index (χ4n) is 2.53. The highest BCUT2D eigenvalue weighted by molar-refractivity contribution is 6.04. The average molecular weight is 305 g/mol. The van der Waals surface area contributed by atoms with Gasteiger partial charge in [0.15, 0.2) is 0 Å². The molecule has 22 heavy (non-hydrogen) atoms. The Hall–Kier alpha value is -2.08. The zero-order valence-electron chi connectivity index (χ0n) is 13.3. The number of urea groups is 1. The Morgan fingerprint density at radius 1 is 1.27 bits per heavy atom. The third-order valence-corrected chi connectivity index (χ3v) is 3.68. The number of nitrogens with one attached hydrogen (secondary N) is 1. The minimum Gasteiger partial charge on any atom is -0.497 e. The standard InChI is InChI=1S/C16H23N3O3/c1-4-5-14-15(20)19(16(21)17-14)11-18(2)10-12-6-8-13(22-3)9-7-12/h6-9,14H,4-5,10-11H2,1-3H3,(H,17,21)/t14-/m0/s1. The van der Waals surface area contributed by atoms with E-state index in [4.69, 9.17) is 4.74 Å². The predicted molar refractivity (Wildman–Crippen MR) is 83.4 cm³/mol. The highest BCUT2D eigenvalue weighted by Crippen LogP contribution is 2.15. The molecule has 0 aliphatic carbocycles. The van der Waals surface area contributed by atoms with Crippen LogP contribution in [0.4, 0.5) is 4.79 Å². The van der Waals surface area contributed by atoms with Crippen LogP contribution in [0.3, 0.4) is 0 Å². The van der Waals surface area contributed by atoms with Crippen molar-refractivity contribution in [3.8, 4) is 5.75 Å². The number of ether oxygens (including phenoxy) is 1. The van der Waals surface area contributed by atoms with Crippen molar-refractivity contribution in [1.29, 1.82) is 0 Å². The summed E-state index contributed by atoms with van der Waals surface area (Å²) >= 11 is 0. The summed E-state index contributed by atoms with van der Waals surface area (Å²) in [6.07, 6.45) is 1.55. The van der Waals surface area contributed by atoms with E-state index < -0.39 is 0 Å². The summed E-state index contributed by atoms with van der Waals surface area (Å²) < 4.78 is 5.13. The van der Waals surface area contributed by atoms with Crippen LogP contribution >= 0.6 is 0 Å². The van der Waals surface area contributed by atoms with Gasteiger partial charge in [-0.15, -0.1) is 0 Å². The third kappa shape index (κ3) is 3.76. The molecule has 6 heteroatoms. The highest BCUT2D eigenvalue weighted by atomic mass is 16.5. The largest absolute Gasteiger partial charge is 0.497 e. The molecule has 1 fully saturated rings. The summed E-state index contributed by atoms with van der Waals surface area (Å²) in [5, 5.41) is 2.73. The van der Waals surface area contributed by atoms with Gasteiger partial charge >= 0.3 is 6.03 Å². The second kappa shape index (κ2) is 7.26. The molecule has 0 radical (unpaired) electrons. The molecule has 2 rings (SSSR count). The first kappa shape index (κ1) is 16.3. The molecule has 0 unspecified atom stereocenters. The number of hydrogen-bond donors (Lipinski definition) is 1. The highest BCUT2D eigenvalue weighted by Gasteiger charge is 2.37. The van der Waals surface area contributed by atoms with Gasteiger partial charge in [0, 0.05) is 6.54 Å². The summed E-state index contributed by atoms with van der Waals surface area (Å²) in [6, 6.07) is 7.07. The first-order chi connectivity index (χ1) is 10.5. The Labute approximate surface area is 131 Å². The number of imide groups is 1. The molecule has 0 bridgehead atoms. The van der Waals surface area contributed by atoms with Crippen LogP contribution in [0.25, 0.3) is 0 Å². The molecular weight excluding hydrogens is 282 g/mol. The van der Waals surface area contributed by atoms with Gasteiger partial charge in [-0.05, 0) is 31.2 Å². The topological polar surface area (TPSA) is 61.9 Å². The predicted octanol–water partition coefficient (Wildman–Crippen LogP) is 1.80. The number of nitrogens with zero attached hydrogens (tertiary/aromatic N) is 2. The number of methoxy groups -OCH3 is 1. The number of carbonyl (C=O) groups excluding carboxylic acids is 2. The lowest BCUT2D eigenvalue weighted by molar-refractivity contribution is -0.129. The van der Waals surface area contributed by atoms with Gasteiger partial charge in [0.2, 0.25) is 0 Å². The van der Waals surface area contributed by atoms with Crippen LogP contribution in [-0.4, -0.2) is 48.6 Å². The molecule has 0 spiro atoms. The van der Waals surface area contributed by atoms with Gasteiger partial charge in [-0.1, -0.05) is 25.5 Å². The van der Waals surface area contributed by atoms with Crippen molar-refractivity contribution in [2.45, 2.75) is 32.4 Å². The first-order valence-electron chi connectivity index (χ1n) is 7.48. The van der Waals surface area contributed by atoms with E-state index in [9.17, 15) is 9.59 Å². The number of hydrogen-bond acceptors (Lipinski definition) is 4. The monoisotopic (exact) mass is 305 g/mol. The van der Waals surface area contributed by atoms with Gasteiger partial charge in [-0.3, -0.25) is 9.69 Å². The van der Waals surface area contributed by atoms with Crippen molar-refractivity contribution in [3.63, 3.8) is 0 Å². The van der Waals surface area contributed by atoms with Gasteiger partial charge in [0.05, 0.1) is 13.8 Å². The number of rotatable bonds is 7. The maximum absolute atomic E-state index is 12.2. The molecule has 1 heterocycles. The molecule has 6 nitrogen and oxygen atoms in total. The summed E-state index contributed by atoms with van der Waals surface area (Å²) in [5.74, 6) is 0.677. The summed E-state index contributed by atoms with van der Waals surface area (Å²) in [4.78, 5) is 27.3. The molecule has 1 aromatic carbocycles. The average Bonchev–Trinajstić information content (AvgIpc) is 2.76. The van der Waals surface area contributed by atoms with Gasteiger partial charge in [0.25, 0.3) is 5.91 Å². The van der Waals surface area contributed by atoms with Crippen molar-refractivity contribution in [3.05, 3.63) is 29.8 Å². The van der Waals surface area contributed by atoms with Crippen LogP contribution in [0, 0.1) is 0 Å². The lowest BCUT2D eigenvalue weighted by Crippen LogP contribution is -2.40. The van der Waals surface area contributed by atoms with Crippen LogP contribution in [0.2, 0.25) is 0 Å². The molecule has 1 saturated heterocycles. The zero-order valence-corrected chi connectivity index (χ0v) is 13.3. The molecular formula is C16H23N3O3. The van der Waals surface area contributed by atoms with Crippen LogP contribution in [0.1, 0.15) is 25.3 Å². The van der Waals surface area contributed by atoms with Crippen LogP contribution in [0.15, 0.2) is 24.3 Å². The SMILES string of the molecule is CCC[C@@H]1NC(=O)N(CN(C)Cc2ccc(OC)cc2)C1=O. The van der Waals surface area contributed by atoms with E-state index in [1.807, 2.05) is 43.1 Å². The lowest BCUT2D eigenvalue weighted by atomic mass is 10.2. The number of carbonyl (C=O) groups is 2. The number of amides is 3. The first-order valence-corrected chi connectivity index (χ1v) is 7.48. The minimum absolute atomic E-state index is 0.131. The van der Waals surface area contributed by atoms with E-state index in [1.54, 1.807) is 7.11 Å². The lowest BCUT2D eigenvalue weighted by Gasteiger charge is -2.22. The van der Waals surface area contributed by atoms with Crippen molar-refractivity contribution in [2.24, 2.45) is 0 Å². The van der Waals surface area contributed by atoms with Gasteiger partial charge in [-0.2, -0.15) is 0 Å². The van der Waals surface area contributed by atoms with E-state index >= 15 is 0 Å². The fraction of sp³-hybridized carbons (Fsp3) is 0.500. The molecule has 3 amide bonds. The number of benzene rings is 1. The third-order valence-electron chi connectivity index (χ3n) is 3.68. The van der Waals surface area contributed by atoms with Gasteiger partial charge in [-0.25, -0.2) is 9.69 Å². The van der Waals surface area contributed by atoms with Crippen molar-refractivity contribution in [1.82, 2.24) is 15.1 Å². The second-order valence-electron chi connectivity index (χ2n) is 5.56. The van der Waals surface area contributed by atoms with Crippen molar-refractivity contribution in [2.75, 3.05) is 20.8 Å². The van der Waals surface area contributed by atoms with Crippen LogP contribution < -0.4 is 10.1 Å². The quantitative estimate of drug-likeness (QED) is 0.780. The van der Waals surface area contributed by atoms with Crippen molar-refractivity contribution < 1.29 is 14.3 Å². The Morgan fingerprint density at radius 2 is 1.95 bits per heavy atom. The van der Waals surface area contributed by atoms with E-state index in [0.29, 0.717) is 13.0 Å². The Morgan fingerprint density at radius 3 is 2.55 bits per heavy atom. The summed E-state index contributed by atoms with van der Waals surface area (Å²) in [6.45, 7) is 2.94. The molecule has 1 aliphatic heterocycles. The van der Waals surface area contributed by atoms with Gasteiger partial charge < -0.3 is 10.1 Å². The molecule has 1 N–H and O–H groups in total. The molecule has 0 aromatic heterocycles.